The molecule has 0 radical (unpaired) electrons. The molecular weight excluding hydrogens is 220 g/mol. The van der Waals surface area contributed by atoms with E-state index < -0.39 is 6.09 Å². The van der Waals surface area contributed by atoms with Gasteiger partial charge in [0.1, 0.15) is 0 Å². The van der Waals surface area contributed by atoms with Crippen LogP contribution in [0.25, 0.3) is 0 Å². The van der Waals surface area contributed by atoms with Gasteiger partial charge in [0.2, 0.25) is 5.95 Å². The summed E-state index contributed by atoms with van der Waals surface area (Å²) in [4.78, 5) is 21.0. The molecule has 0 saturated heterocycles. The largest absolute Gasteiger partial charge is 0.465 e. The van der Waals surface area contributed by atoms with Gasteiger partial charge >= 0.3 is 6.09 Å². The van der Waals surface area contributed by atoms with E-state index in [9.17, 15) is 4.79 Å². The Labute approximate surface area is 102 Å². The van der Waals surface area contributed by atoms with Crippen LogP contribution in [-0.4, -0.2) is 54.3 Å². The number of rotatable bonds is 1. The predicted molar refractivity (Wildman–Crippen MR) is 67.5 cm³/mol. The molecular formula is C11H20N4O2. The van der Waals surface area contributed by atoms with Crippen molar-refractivity contribution < 1.29 is 9.90 Å². The van der Waals surface area contributed by atoms with Crippen molar-refractivity contribution in [2.45, 2.75) is 13.8 Å². The third-order valence-corrected chi connectivity index (χ3v) is 1.99. The van der Waals surface area contributed by atoms with Crippen LogP contribution in [0, 0.1) is 13.8 Å². The number of nitrogens with zero attached hydrogens (tertiary/aromatic N) is 4. The van der Waals surface area contributed by atoms with Gasteiger partial charge in [-0.05, 0) is 19.4 Å². The second-order valence-electron chi connectivity index (χ2n) is 4.01. The first-order valence-corrected chi connectivity index (χ1v) is 5.13. The number of amides is 1. The van der Waals surface area contributed by atoms with Gasteiger partial charge in [0.05, 0.1) is 0 Å². The van der Waals surface area contributed by atoms with Gasteiger partial charge in [-0.25, -0.2) is 14.8 Å². The first kappa shape index (κ1) is 15.2. The molecule has 0 aliphatic carbocycles. The molecule has 0 aliphatic rings. The van der Waals surface area contributed by atoms with E-state index in [-0.39, 0.29) is 0 Å². The highest BCUT2D eigenvalue weighted by Crippen LogP contribution is 2.06. The maximum atomic E-state index is 9.62. The maximum Gasteiger partial charge on any atom is 0.406 e. The average molecular weight is 240 g/mol. The summed E-state index contributed by atoms with van der Waals surface area (Å²) < 4.78 is 0. The lowest BCUT2D eigenvalue weighted by Crippen LogP contribution is -2.18. The Balaban J connectivity index is 0.000000366. The highest BCUT2D eigenvalue weighted by Gasteiger charge is 1.99. The van der Waals surface area contributed by atoms with Crippen molar-refractivity contribution in [3.05, 3.63) is 17.5 Å². The van der Waals surface area contributed by atoms with Gasteiger partial charge in [0.15, 0.2) is 0 Å². The molecule has 17 heavy (non-hydrogen) atoms. The van der Waals surface area contributed by atoms with E-state index in [0.29, 0.717) is 0 Å². The predicted octanol–water partition coefficient (Wildman–Crippen LogP) is 1.39. The van der Waals surface area contributed by atoms with Crippen LogP contribution >= 0.6 is 0 Å². The lowest BCUT2D eigenvalue weighted by atomic mass is 10.3. The van der Waals surface area contributed by atoms with Crippen LogP contribution in [0.2, 0.25) is 0 Å². The minimum absolute atomic E-state index is 0.771. The minimum atomic E-state index is -0.907. The molecule has 0 unspecified atom stereocenters. The van der Waals surface area contributed by atoms with Crippen molar-refractivity contribution in [2.75, 3.05) is 33.1 Å². The van der Waals surface area contributed by atoms with Crippen LogP contribution in [-0.2, 0) is 0 Å². The SMILES string of the molecule is CN(C)C(=O)O.Cc1cnc(N(C)C)nc1C. The van der Waals surface area contributed by atoms with E-state index in [1.807, 2.05) is 39.0 Å². The Morgan fingerprint density at radius 1 is 1.24 bits per heavy atom. The van der Waals surface area contributed by atoms with Crippen LogP contribution in [0.3, 0.4) is 0 Å². The summed E-state index contributed by atoms with van der Waals surface area (Å²) in [5, 5.41) is 7.92. The number of hydrogen-bond donors (Lipinski definition) is 1. The fourth-order valence-electron chi connectivity index (χ4n) is 0.730. The van der Waals surface area contributed by atoms with E-state index in [2.05, 4.69) is 9.97 Å². The molecule has 1 amide bonds. The molecule has 0 fully saturated rings. The van der Waals surface area contributed by atoms with E-state index in [1.165, 1.54) is 14.1 Å². The Morgan fingerprint density at radius 3 is 2.00 bits per heavy atom. The van der Waals surface area contributed by atoms with Crippen molar-refractivity contribution in [2.24, 2.45) is 0 Å². The lowest BCUT2D eigenvalue weighted by Gasteiger charge is -2.10. The second kappa shape index (κ2) is 6.67. The zero-order valence-corrected chi connectivity index (χ0v) is 11.2. The summed E-state index contributed by atoms with van der Waals surface area (Å²) in [6.45, 7) is 4.00. The van der Waals surface area contributed by atoms with Crippen molar-refractivity contribution in [3.63, 3.8) is 0 Å². The second-order valence-corrected chi connectivity index (χ2v) is 4.01. The molecule has 0 atom stereocenters. The number of hydrogen-bond acceptors (Lipinski definition) is 4. The zero-order chi connectivity index (χ0) is 13.6. The van der Waals surface area contributed by atoms with E-state index in [1.54, 1.807) is 0 Å². The smallest absolute Gasteiger partial charge is 0.406 e. The third-order valence-electron chi connectivity index (χ3n) is 1.99. The molecule has 1 N–H and O–H groups in total. The van der Waals surface area contributed by atoms with Crippen molar-refractivity contribution >= 4 is 12.0 Å². The van der Waals surface area contributed by atoms with Crippen molar-refractivity contribution in [1.29, 1.82) is 0 Å². The number of carboxylic acid groups (broad SMARTS) is 1. The third kappa shape index (κ3) is 5.70. The molecule has 1 aromatic heterocycles. The molecule has 1 heterocycles. The van der Waals surface area contributed by atoms with Gasteiger partial charge in [0, 0.05) is 40.1 Å². The molecule has 0 bridgehead atoms. The van der Waals surface area contributed by atoms with E-state index in [4.69, 9.17) is 5.11 Å². The van der Waals surface area contributed by atoms with Crippen LogP contribution in [0.4, 0.5) is 10.7 Å². The molecule has 0 aliphatic heterocycles. The summed E-state index contributed by atoms with van der Waals surface area (Å²) in [6, 6.07) is 0. The molecule has 96 valence electrons. The number of aryl methyl sites for hydroxylation is 2. The van der Waals surface area contributed by atoms with Gasteiger partial charge in [-0.1, -0.05) is 0 Å². The Bertz CT molecular complexity index is 378. The standard InChI is InChI=1S/C8H13N3.C3H7NO2/c1-6-5-9-8(11(3)4)10-7(6)2;1-4(2)3(5)6/h5H,1-4H3;1-2H3,(H,5,6). The molecule has 6 nitrogen and oxygen atoms in total. The van der Waals surface area contributed by atoms with Gasteiger partial charge < -0.3 is 14.9 Å². The fraction of sp³-hybridized carbons (Fsp3) is 0.545. The maximum absolute atomic E-state index is 9.62. The van der Waals surface area contributed by atoms with E-state index >= 15 is 0 Å². The van der Waals surface area contributed by atoms with E-state index in [0.717, 1.165) is 22.1 Å². The number of aromatic nitrogens is 2. The Morgan fingerprint density at radius 2 is 1.71 bits per heavy atom. The Kier molecular flexibility index (Phi) is 5.95. The fourth-order valence-corrected chi connectivity index (χ4v) is 0.730. The van der Waals surface area contributed by atoms with Gasteiger partial charge in [-0.3, -0.25) is 0 Å². The molecule has 6 heteroatoms. The first-order chi connectivity index (χ1) is 7.75. The molecule has 0 spiro atoms. The lowest BCUT2D eigenvalue weighted by molar-refractivity contribution is 0.165. The van der Waals surface area contributed by atoms with Crippen LogP contribution in [0.15, 0.2) is 6.20 Å². The van der Waals surface area contributed by atoms with Crippen LogP contribution in [0.5, 0.6) is 0 Å². The Hall–Kier alpha value is -1.85. The molecule has 1 rings (SSSR count). The first-order valence-electron chi connectivity index (χ1n) is 5.13. The van der Waals surface area contributed by atoms with Gasteiger partial charge in [-0.15, -0.1) is 0 Å². The van der Waals surface area contributed by atoms with Crippen molar-refractivity contribution in [3.8, 4) is 0 Å². The number of carbonyl (C=O) groups is 1. The van der Waals surface area contributed by atoms with Crippen LogP contribution in [0.1, 0.15) is 11.3 Å². The van der Waals surface area contributed by atoms with Crippen molar-refractivity contribution in [1.82, 2.24) is 14.9 Å². The topological polar surface area (TPSA) is 69.6 Å². The number of anilines is 1. The minimum Gasteiger partial charge on any atom is -0.465 e. The molecule has 0 saturated carbocycles. The summed E-state index contributed by atoms with van der Waals surface area (Å²) in [7, 11) is 6.82. The average Bonchev–Trinajstić information content (AvgIpc) is 2.22. The molecule has 0 aromatic carbocycles. The zero-order valence-electron chi connectivity index (χ0n) is 11.2. The summed E-state index contributed by atoms with van der Waals surface area (Å²) in [5.74, 6) is 0.771. The normalized spacial score (nSPS) is 9.06. The monoisotopic (exact) mass is 240 g/mol. The summed E-state index contributed by atoms with van der Waals surface area (Å²) >= 11 is 0. The highest BCUT2D eigenvalue weighted by atomic mass is 16.4. The summed E-state index contributed by atoms with van der Waals surface area (Å²) in [6.07, 6.45) is 0.938. The molecule has 1 aromatic rings. The quantitative estimate of drug-likeness (QED) is 0.803. The van der Waals surface area contributed by atoms with Gasteiger partial charge in [-0.2, -0.15) is 0 Å². The highest BCUT2D eigenvalue weighted by molar-refractivity contribution is 5.63. The van der Waals surface area contributed by atoms with Gasteiger partial charge in [0.25, 0.3) is 0 Å². The van der Waals surface area contributed by atoms with Crippen LogP contribution < -0.4 is 4.90 Å². The summed E-state index contributed by atoms with van der Waals surface area (Å²) in [5.41, 5.74) is 2.18.